The Morgan fingerprint density at radius 3 is 2.77 bits per heavy atom. The number of imidazole rings is 1. The van der Waals surface area contributed by atoms with Gasteiger partial charge in [0.05, 0.1) is 23.7 Å². The molecule has 220 valence electrons. The summed E-state index contributed by atoms with van der Waals surface area (Å²) in [5.41, 5.74) is 2.06. The van der Waals surface area contributed by atoms with Crippen LogP contribution in [0.3, 0.4) is 0 Å². The molecule has 1 amide bonds. The van der Waals surface area contributed by atoms with Crippen molar-refractivity contribution in [3.63, 3.8) is 0 Å². The van der Waals surface area contributed by atoms with Gasteiger partial charge in [-0.05, 0) is 38.5 Å². The first kappa shape index (κ1) is 27.9. The molecule has 2 aromatic carbocycles. The highest BCUT2D eigenvalue weighted by Gasteiger charge is 2.25. The number of carbonyl (C=O) groups is 1. The lowest BCUT2D eigenvalue weighted by Crippen LogP contribution is -2.38. The number of nitrogens with zero attached hydrogens (tertiary/aromatic N) is 8. The van der Waals surface area contributed by atoms with Gasteiger partial charge >= 0.3 is 0 Å². The van der Waals surface area contributed by atoms with Crippen LogP contribution in [0.4, 0.5) is 26.2 Å². The standard InChI is InChI=1S/C30H29F2N9O2/c1-5-25(42)41-11-10-40(9-8-17(41)2)30-33-14-23-27(38-30)29(35-15-34-23)37-21-6-7-24(18(3)26(21)32)43-19-12-20(31)28-22(13-19)36-16-39(28)4/h5-7,12-17H,1,8-11H2,2-4H3,(H,34,35,37)/t17-/m0/s1. The van der Waals surface area contributed by atoms with Gasteiger partial charge in [-0.2, -0.15) is 0 Å². The number of ether oxygens (including phenoxy) is 1. The van der Waals surface area contributed by atoms with Crippen LogP contribution in [0.2, 0.25) is 0 Å². The molecule has 1 N–H and O–H groups in total. The van der Waals surface area contributed by atoms with Crippen molar-refractivity contribution in [3.05, 3.63) is 73.0 Å². The number of aromatic nitrogens is 6. The zero-order valence-corrected chi connectivity index (χ0v) is 23.9. The lowest BCUT2D eigenvalue weighted by atomic mass is 10.1. The van der Waals surface area contributed by atoms with Crippen LogP contribution in [-0.4, -0.2) is 66.0 Å². The Balaban J connectivity index is 1.26. The smallest absolute Gasteiger partial charge is 0.246 e. The quantitative estimate of drug-likeness (QED) is 0.274. The van der Waals surface area contributed by atoms with Gasteiger partial charge in [-0.25, -0.2) is 33.7 Å². The van der Waals surface area contributed by atoms with Gasteiger partial charge in [0.25, 0.3) is 0 Å². The van der Waals surface area contributed by atoms with Crippen molar-refractivity contribution in [1.29, 1.82) is 0 Å². The maximum absolute atomic E-state index is 15.6. The van der Waals surface area contributed by atoms with Crippen LogP contribution in [0.15, 0.2) is 55.8 Å². The summed E-state index contributed by atoms with van der Waals surface area (Å²) >= 11 is 0. The van der Waals surface area contributed by atoms with Gasteiger partial charge < -0.3 is 24.4 Å². The van der Waals surface area contributed by atoms with E-state index in [9.17, 15) is 9.18 Å². The summed E-state index contributed by atoms with van der Waals surface area (Å²) < 4.78 is 37.7. The van der Waals surface area contributed by atoms with Gasteiger partial charge in [0.2, 0.25) is 11.9 Å². The van der Waals surface area contributed by atoms with Crippen molar-refractivity contribution in [2.75, 3.05) is 29.9 Å². The minimum atomic E-state index is -0.564. The molecule has 13 heteroatoms. The summed E-state index contributed by atoms with van der Waals surface area (Å²) in [7, 11) is 1.70. The average Bonchev–Trinajstić information content (AvgIpc) is 3.27. The fourth-order valence-electron chi connectivity index (χ4n) is 5.19. The third-order valence-electron chi connectivity index (χ3n) is 7.62. The molecular weight excluding hydrogens is 556 g/mol. The second-order valence-electron chi connectivity index (χ2n) is 10.4. The first-order valence-corrected chi connectivity index (χ1v) is 13.7. The van der Waals surface area contributed by atoms with E-state index in [4.69, 9.17) is 9.72 Å². The molecule has 4 heterocycles. The normalized spacial score (nSPS) is 15.5. The van der Waals surface area contributed by atoms with Gasteiger partial charge in [0.1, 0.15) is 34.4 Å². The van der Waals surface area contributed by atoms with Crippen molar-refractivity contribution in [2.24, 2.45) is 7.05 Å². The first-order valence-electron chi connectivity index (χ1n) is 13.7. The second-order valence-corrected chi connectivity index (χ2v) is 10.4. The number of benzene rings is 2. The number of anilines is 3. The molecule has 0 unspecified atom stereocenters. The van der Waals surface area contributed by atoms with Crippen molar-refractivity contribution in [2.45, 2.75) is 26.3 Å². The summed E-state index contributed by atoms with van der Waals surface area (Å²) in [6.07, 6.45) is 6.53. The molecule has 5 aromatic rings. The molecule has 1 saturated heterocycles. The average molecular weight is 586 g/mol. The zero-order chi connectivity index (χ0) is 30.2. The molecule has 0 bridgehead atoms. The fraction of sp³-hybridized carbons (Fsp3) is 0.267. The van der Waals surface area contributed by atoms with E-state index in [0.29, 0.717) is 53.5 Å². The highest BCUT2D eigenvalue weighted by atomic mass is 19.1. The molecule has 1 atom stereocenters. The Hall–Kier alpha value is -5.20. The van der Waals surface area contributed by atoms with Crippen molar-refractivity contribution >= 4 is 45.4 Å². The van der Waals surface area contributed by atoms with Gasteiger partial charge in [-0.3, -0.25) is 4.79 Å². The number of halogens is 2. The Morgan fingerprint density at radius 2 is 1.95 bits per heavy atom. The summed E-state index contributed by atoms with van der Waals surface area (Å²) in [6, 6.07) is 6.01. The fourth-order valence-corrected chi connectivity index (χ4v) is 5.19. The third kappa shape index (κ3) is 5.29. The SMILES string of the molecule is C=CC(=O)N1CCN(c2ncc3ncnc(Nc4ccc(Oc5cc(F)c6c(c5)ncn6C)c(C)c4F)c3n2)CC[C@@H]1C. The number of rotatable bonds is 6. The minimum Gasteiger partial charge on any atom is -0.457 e. The number of hydrogen-bond acceptors (Lipinski definition) is 9. The maximum Gasteiger partial charge on any atom is 0.246 e. The Kier molecular flexibility index (Phi) is 7.30. The molecule has 1 aliphatic rings. The van der Waals surface area contributed by atoms with Crippen LogP contribution in [0.5, 0.6) is 11.5 Å². The van der Waals surface area contributed by atoms with Crippen LogP contribution < -0.4 is 15.0 Å². The van der Waals surface area contributed by atoms with Crippen LogP contribution in [0.1, 0.15) is 18.9 Å². The Bertz CT molecular complexity index is 1880. The predicted molar refractivity (Wildman–Crippen MR) is 158 cm³/mol. The molecule has 11 nitrogen and oxygen atoms in total. The monoisotopic (exact) mass is 585 g/mol. The molecule has 6 rings (SSSR count). The lowest BCUT2D eigenvalue weighted by molar-refractivity contribution is -0.127. The summed E-state index contributed by atoms with van der Waals surface area (Å²) in [6.45, 7) is 8.88. The van der Waals surface area contributed by atoms with Crippen LogP contribution in [0, 0.1) is 18.6 Å². The van der Waals surface area contributed by atoms with Crippen molar-refractivity contribution < 1.29 is 18.3 Å². The number of nitrogens with one attached hydrogen (secondary N) is 1. The highest BCUT2D eigenvalue weighted by molar-refractivity contribution is 5.88. The van der Waals surface area contributed by atoms with E-state index in [1.165, 1.54) is 30.9 Å². The van der Waals surface area contributed by atoms with E-state index in [-0.39, 0.29) is 34.7 Å². The molecule has 1 aliphatic heterocycles. The van der Waals surface area contributed by atoms with Gasteiger partial charge in [0.15, 0.2) is 17.5 Å². The molecule has 0 radical (unpaired) electrons. The van der Waals surface area contributed by atoms with E-state index in [2.05, 4.69) is 31.8 Å². The van der Waals surface area contributed by atoms with Crippen molar-refractivity contribution in [1.82, 2.24) is 34.4 Å². The first-order chi connectivity index (χ1) is 20.7. The minimum absolute atomic E-state index is 0.0478. The lowest BCUT2D eigenvalue weighted by Gasteiger charge is -2.25. The Morgan fingerprint density at radius 1 is 1.12 bits per heavy atom. The Labute approximate surface area is 245 Å². The zero-order valence-electron chi connectivity index (χ0n) is 23.9. The van der Waals surface area contributed by atoms with E-state index in [0.717, 1.165) is 6.42 Å². The van der Waals surface area contributed by atoms with Crippen LogP contribution in [-0.2, 0) is 11.8 Å². The van der Waals surface area contributed by atoms with Crippen molar-refractivity contribution in [3.8, 4) is 11.5 Å². The van der Waals surface area contributed by atoms with E-state index in [1.54, 1.807) is 41.8 Å². The molecule has 1 fully saturated rings. The number of fused-ring (bicyclic) bond motifs is 2. The molecule has 0 aliphatic carbocycles. The number of amides is 1. The number of aryl methyl sites for hydroxylation is 1. The molecule has 0 saturated carbocycles. The highest BCUT2D eigenvalue weighted by Crippen LogP contribution is 2.34. The van der Waals surface area contributed by atoms with Gasteiger partial charge in [-0.15, -0.1) is 0 Å². The van der Waals surface area contributed by atoms with E-state index < -0.39 is 11.6 Å². The molecule has 0 spiro atoms. The molecule has 43 heavy (non-hydrogen) atoms. The molecular formula is C30H29F2N9O2. The summed E-state index contributed by atoms with van der Waals surface area (Å²) in [4.78, 5) is 38.1. The van der Waals surface area contributed by atoms with Crippen LogP contribution in [0.25, 0.3) is 22.1 Å². The third-order valence-corrected chi connectivity index (χ3v) is 7.62. The topological polar surface area (TPSA) is 114 Å². The summed E-state index contributed by atoms with van der Waals surface area (Å²) in [5, 5.41) is 3.04. The maximum atomic E-state index is 15.6. The number of hydrogen-bond donors (Lipinski definition) is 1. The van der Waals surface area contributed by atoms with Crippen LogP contribution >= 0.6 is 0 Å². The second kappa shape index (κ2) is 11.2. The van der Waals surface area contributed by atoms with Gasteiger partial charge in [-0.1, -0.05) is 6.58 Å². The van der Waals surface area contributed by atoms with E-state index in [1.807, 2.05) is 11.8 Å². The molecule has 3 aromatic heterocycles. The number of carbonyl (C=O) groups excluding carboxylic acids is 1. The van der Waals surface area contributed by atoms with Gasteiger partial charge in [0, 0.05) is 50.4 Å². The summed E-state index contributed by atoms with van der Waals surface area (Å²) in [5.74, 6) is 0.0402. The predicted octanol–water partition coefficient (Wildman–Crippen LogP) is 5.04. The van der Waals surface area contributed by atoms with E-state index >= 15 is 4.39 Å². The largest absolute Gasteiger partial charge is 0.457 e.